The van der Waals surface area contributed by atoms with E-state index in [0.717, 1.165) is 5.69 Å². The third-order valence-electron chi connectivity index (χ3n) is 3.53. The molecule has 26 heavy (non-hydrogen) atoms. The van der Waals surface area contributed by atoms with Crippen LogP contribution in [0.25, 0.3) is 0 Å². The van der Waals surface area contributed by atoms with Crippen LogP contribution in [0, 0.1) is 12.7 Å². The van der Waals surface area contributed by atoms with Crippen molar-refractivity contribution in [2.24, 2.45) is 0 Å². The molecule has 0 fully saturated rings. The number of carbonyl (C=O) groups is 1. The Hall–Kier alpha value is -3.48. The smallest absolute Gasteiger partial charge is 0.255 e. The van der Waals surface area contributed by atoms with Gasteiger partial charge in [-0.1, -0.05) is 6.07 Å². The monoisotopic (exact) mass is 352 g/mol. The zero-order valence-corrected chi connectivity index (χ0v) is 14.3. The van der Waals surface area contributed by atoms with Crippen molar-refractivity contribution in [1.82, 2.24) is 9.97 Å². The zero-order valence-electron chi connectivity index (χ0n) is 14.3. The molecule has 0 saturated carbocycles. The molecule has 2 N–H and O–H groups in total. The van der Waals surface area contributed by atoms with Gasteiger partial charge in [-0.15, -0.1) is 0 Å². The molecule has 0 radical (unpaired) electrons. The first-order valence-electron chi connectivity index (χ1n) is 7.87. The van der Waals surface area contributed by atoms with Gasteiger partial charge in [0.05, 0.1) is 7.11 Å². The van der Waals surface area contributed by atoms with Crippen LogP contribution in [0.4, 0.5) is 21.6 Å². The maximum Gasteiger partial charge on any atom is 0.255 e. The second-order valence-corrected chi connectivity index (χ2v) is 5.51. The molecule has 0 bridgehead atoms. The second-order valence-electron chi connectivity index (χ2n) is 5.51. The first-order chi connectivity index (χ1) is 12.5. The number of halogens is 1. The Labute approximate surface area is 150 Å². The Bertz CT molecular complexity index is 929. The standard InChI is InChI=1S/C19H17FN4O2/c1-12-21-17(11-18(22-12)26-2)23-15-6-8-16(9-7-15)24-19(25)13-4-3-5-14(20)10-13/h3-11H,1-2H3,(H,24,25)(H,21,22,23). The summed E-state index contributed by atoms with van der Waals surface area (Å²) >= 11 is 0. The molecule has 0 spiro atoms. The van der Waals surface area contributed by atoms with Gasteiger partial charge in [0.15, 0.2) is 0 Å². The number of hydrogen-bond donors (Lipinski definition) is 2. The molecular weight excluding hydrogens is 335 g/mol. The molecule has 2 aromatic carbocycles. The van der Waals surface area contributed by atoms with Gasteiger partial charge in [-0.3, -0.25) is 4.79 Å². The largest absolute Gasteiger partial charge is 0.481 e. The maximum absolute atomic E-state index is 13.2. The number of aromatic nitrogens is 2. The van der Waals surface area contributed by atoms with Crippen molar-refractivity contribution < 1.29 is 13.9 Å². The van der Waals surface area contributed by atoms with Crippen molar-refractivity contribution in [2.75, 3.05) is 17.7 Å². The molecule has 3 rings (SSSR count). The lowest BCUT2D eigenvalue weighted by Crippen LogP contribution is -2.11. The number of amides is 1. The van der Waals surface area contributed by atoms with E-state index in [-0.39, 0.29) is 11.5 Å². The summed E-state index contributed by atoms with van der Waals surface area (Å²) in [5.41, 5.74) is 1.64. The van der Waals surface area contributed by atoms with Gasteiger partial charge >= 0.3 is 0 Å². The molecule has 0 unspecified atom stereocenters. The second kappa shape index (κ2) is 7.60. The predicted octanol–water partition coefficient (Wildman–Crippen LogP) is 3.93. The van der Waals surface area contributed by atoms with Gasteiger partial charge in [0.2, 0.25) is 5.88 Å². The SMILES string of the molecule is COc1cc(Nc2ccc(NC(=O)c3cccc(F)c3)cc2)nc(C)n1. The van der Waals surface area contributed by atoms with Crippen molar-refractivity contribution in [2.45, 2.75) is 6.92 Å². The van der Waals surface area contributed by atoms with Gasteiger partial charge in [-0.05, 0) is 49.4 Å². The summed E-state index contributed by atoms with van der Waals surface area (Å²) < 4.78 is 18.3. The lowest BCUT2D eigenvalue weighted by atomic mass is 10.2. The number of nitrogens with zero attached hydrogens (tertiary/aromatic N) is 2. The third-order valence-corrected chi connectivity index (χ3v) is 3.53. The minimum Gasteiger partial charge on any atom is -0.481 e. The fourth-order valence-electron chi connectivity index (χ4n) is 2.33. The van der Waals surface area contributed by atoms with Crippen molar-refractivity contribution in [3.05, 3.63) is 71.8 Å². The molecule has 0 aliphatic heterocycles. The van der Waals surface area contributed by atoms with Gasteiger partial charge in [0.1, 0.15) is 17.5 Å². The number of hydrogen-bond acceptors (Lipinski definition) is 5. The third kappa shape index (κ3) is 4.32. The van der Waals surface area contributed by atoms with Gasteiger partial charge in [0.25, 0.3) is 5.91 Å². The molecule has 1 aromatic heterocycles. The lowest BCUT2D eigenvalue weighted by molar-refractivity contribution is 0.102. The van der Waals surface area contributed by atoms with Crippen LogP contribution in [0.1, 0.15) is 16.2 Å². The molecule has 3 aromatic rings. The summed E-state index contributed by atoms with van der Waals surface area (Å²) in [6.07, 6.45) is 0. The van der Waals surface area contributed by atoms with E-state index >= 15 is 0 Å². The number of benzene rings is 2. The summed E-state index contributed by atoms with van der Waals surface area (Å²) in [5, 5.41) is 5.87. The molecule has 1 heterocycles. The Morgan fingerprint density at radius 3 is 2.46 bits per heavy atom. The summed E-state index contributed by atoms with van der Waals surface area (Å²) in [7, 11) is 1.54. The average molecular weight is 352 g/mol. The van der Waals surface area contributed by atoms with Crippen LogP contribution in [0.2, 0.25) is 0 Å². The van der Waals surface area contributed by atoms with Crippen LogP contribution >= 0.6 is 0 Å². The van der Waals surface area contributed by atoms with Crippen LogP contribution in [0.5, 0.6) is 5.88 Å². The molecule has 132 valence electrons. The Kier molecular flexibility index (Phi) is 5.07. The zero-order chi connectivity index (χ0) is 18.5. The van der Waals surface area contributed by atoms with E-state index in [0.29, 0.717) is 23.2 Å². The van der Waals surface area contributed by atoms with Crippen LogP contribution in [-0.4, -0.2) is 23.0 Å². The highest BCUT2D eigenvalue weighted by molar-refractivity contribution is 6.04. The first-order valence-corrected chi connectivity index (χ1v) is 7.87. The minimum atomic E-state index is -0.451. The van der Waals surface area contributed by atoms with E-state index in [1.54, 1.807) is 50.4 Å². The lowest BCUT2D eigenvalue weighted by Gasteiger charge is -2.09. The van der Waals surface area contributed by atoms with E-state index in [4.69, 9.17) is 4.74 Å². The highest BCUT2D eigenvalue weighted by Crippen LogP contribution is 2.20. The number of aryl methyl sites for hydroxylation is 1. The number of rotatable bonds is 5. The topological polar surface area (TPSA) is 76.1 Å². The van der Waals surface area contributed by atoms with Crippen molar-refractivity contribution in [1.29, 1.82) is 0 Å². The fourth-order valence-corrected chi connectivity index (χ4v) is 2.33. The van der Waals surface area contributed by atoms with E-state index in [1.165, 1.54) is 18.2 Å². The molecule has 6 nitrogen and oxygen atoms in total. The van der Waals surface area contributed by atoms with E-state index in [9.17, 15) is 9.18 Å². The molecule has 7 heteroatoms. The summed E-state index contributed by atoms with van der Waals surface area (Å²) in [5.74, 6) is 0.838. The quantitative estimate of drug-likeness (QED) is 0.728. The minimum absolute atomic E-state index is 0.260. The molecule has 0 aliphatic carbocycles. The number of nitrogens with one attached hydrogen (secondary N) is 2. The highest BCUT2D eigenvalue weighted by atomic mass is 19.1. The Morgan fingerprint density at radius 1 is 1.04 bits per heavy atom. The molecular formula is C19H17FN4O2. The number of anilines is 3. The first kappa shape index (κ1) is 17.3. The highest BCUT2D eigenvalue weighted by Gasteiger charge is 2.07. The van der Waals surface area contributed by atoms with Crippen molar-refractivity contribution in [3.63, 3.8) is 0 Å². The molecule has 0 atom stereocenters. The number of ether oxygens (including phenoxy) is 1. The van der Waals surface area contributed by atoms with Crippen LogP contribution in [-0.2, 0) is 0 Å². The van der Waals surface area contributed by atoms with E-state index in [1.807, 2.05) is 0 Å². The van der Waals surface area contributed by atoms with Crippen LogP contribution < -0.4 is 15.4 Å². The number of methoxy groups -OCH3 is 1. The van der Waals surface area contributed by atoms with Gasteiger partial charge in [-0.2, -0.15) is 4.98 Å². The van der Waals surface area contributed by atoms with Crippen molar-refractivity contribution in [3.8, 4) is 5.88 Å². The predicted molar refractivity (Wildman–Crippen MR) is 97.4 cm³/mol. The fraction of sp³-hybridized carbons (Fsp3) is 0.105. The normalized spacial score (nSPS) is 10.3. The van der Waals surface area contributed by atoms with Crippen LogP contribution in [0.3, 0.4) is 0 Å². The average Bonchev–Trinajstić information content (AvgIpc) is 2.63. The van der Waals surface area contributed by atoms with Crippen LogP contribution in [0.15, 0.2) is 54.6 Å². The molecule has 0 saturated heterocycles. The molecule has 0 aliphatic rings. The summed E-state index contributed by atoms with van der Waals surface area (Å²) in [6.45, 7) is 1.78. The van der Waals surface area contributed by atoms with Gasteiger partial charge in [0, 0.05) is 23.0 Å². The van der Waals surface area contributed by atoms with Crippen molar-refractivity contribution >= 4 is 23.1 Å². The van der Waals surface area contributed by atoms with Gasteiger partial charge in [-0.25, -0.2) is 9.37 Å². The van der Waals surface area contributed by atoms with E-state index < -0.39 is 5.82 Å². The summed E-state index contributed by atoms with van der Waals surface area (Å²) in [6, 6.07) is 14.3. The Morgan fingerprint density at radius 2 is 1.77 bits per heavy atom. The number of carbonyl (C=O) groups excluding carboxylic acids is 1. The molecule has 1 amide bonds. The van der Waals surface area contributed by atoms with E-state index in [2.05, 4.69) is 20.6 Å². The Balaban J connectivity index is 1.69. The van der Waals surface area contributed by atoms with Gasteiger partial charge < -0.3 is 15.4 Å². The maximum atomic E-state index is 13.2. The summed E-state index contributed by atoms with van der Waals surface area (Å²) in [4.78, 5) is 20.5.